The lowest BCUT2D eigenvalue weighted by molar-refractivity contribution is 0.000916. The van der Waals surface area contributed by atoms with Crippen molar-refractivity contribution < 1.29 is 9.63 Å². The van der Waals surface area contributed by atoms with Gasteiger partial charge in [-0.1, -0.05) is 5.16 Å². The molecule has 1 fully saturated rings. The van der Waals surface area contributed by atoms with E-state index in [1.807, 2.05) is 0 Å². The molecule has 0 radical (unpaired) electrons. The quantitative estimate of drug-likeness (QED) is 0.715. The van der Waals surface area contributed by atoms with Crippen molar-refractivity contribution in [2.75, 3.05) is 0 Å². The van der Waals surface area contributed by atoms with Crippen LogP contribution >= 0.6 is 0 Å². The summed E-state index contributed by atoms with van der Waals surface area (Å²) in [5, 5.41) is 13.6. The molecule has 0 saturated heterocycles. The zero-order chi connectivity index (χ0) is 8.77. The first-order chi connectivity index (χ1) is 5.60. The molecule has 4 nitrogen and oxygen atoms in total. The standard InChI is InChI=1S/C8H12N2O2/c1-5-9-7(12-10-5)8(2,11)6-3-4-6/h6,11H,3-4H2,1-2H3. The molecule has 1 heterocycles. The highest BCUT2D eigenvalue weighted by atomic mass is 16.5. The highest BCUT2D eigenvalue weighted by Gasteiger charge is 2.45. The van der Waals surface area contributed by atoms with E-state index in [-0.39, 0.29) is 0 Å². The minimum absolute atomic E-state index is 0.303. The number of hydrogen-bond acceptors (Lipinski definition) is 4. The van der Waals surface area contributed by atoms with E-state index < -0.39 is 5.60 Å². The fourth-order valence-electron chi connectivity index (χ4n) is 1.32. The Morgan fingerprint density at radius 3 is 2.67 bits per heavy atom. The van der Waals surface area contributed by atoms with Gasteiger partial charge in [0.1, 0.15) is 5.60 Å². The average molecular weight is 168 g/mol. The molecule has 0 aromatic carbocycles. The molecule has 0 bridgehead atoms. The summed E-state index contributed by atoms with van der Waals surface area (Å²) in [6.07, 6.45) is 2.10. The Labute approximate surface area is 70.6 Å². The van der Waals surface area contributed by atoms with Gasteiger partial charge in [-0.15, -0.1) is 0 Å². The molecular weight excluding hydrogens is 156 g/mol. The molecule has 1 aliphatic carbocycles. The lowest BCUT2D eigenvalue weighted by Gasteiger charge is -2.16. The van der Waals surface area contributed by atoms with Crippen LogP contribution in [0.5, 0.6) is 0 Å². The van der Waals surface area contributed by atoms with Gasteiger partial charge in [0.05, 0.1) is 0 Å². The van der Waals surface area contributed by atoms with Crippen LogP contribution in [-0.4, -0.2) is 15.2 Å². The minimum atomic E-state index is -0.915. The van der Waals surface area contributed by atoms with E-state index in [0.29, 0.717) is 17.6 Å². The van der Waals surface area contributed by atoms with E-state index in [1.54, 1.807) is 13.8 Å². The first-order valence-corrected chi connectivity index (χ1v) is 4.14. The molecule has 66 valence electrons. The molecule has 0 amide bonds. The highest BCUT2D eigenvalue weighted by Crippen LogP contribution is 2.44. The molecule has 1 N–H and O–H groups in total. The van der Waals surface area contributed by atoms with Crippen LogP contribution in [0.2, 0.25) is 0 Å². The van der Waals surface area contributed by atoms with Crippen molar-refractivity contribution in [2.24, 2.45) is 5.92 Å². The summed E-state index contributed by atoms with van der Waals surface area (Å²) in [4.78, 5) is 4.02. The van der Waals surface area contributed by atoms with Crippen LogP contribution in [0.4, 0.5) is 0 Å². The lowest BCUT2D eigenvalue weighted by Crippen LogP contribution is -2.24. The van der Waals surface area contributed by atoms with Crippen LogP contribution < -0.4 is 0 Å². The third-order valence-electron chi connectivity index (χ3n) is 2.33. The average Bonchev–Trinajstić information content (AvgIpc) is 2.75. The van der Waals surface area contributed by atoms with E-state index >= 15 is 0 Å². The lowest BCUT2D eigenvalue weighted by atomic mass is 10.0. The van der Waals surface area contributed by atoms with Crippen LogP contribution in [0.25, 0.3) is 0 Å². The smallest absolute Gasteiger partial charge is 0.258 e. The van der Waals surface area contributed by atoms with Crippen molar-refractivity contribution in [3.8, 4) is 0 Å². The van der Waals surface area contributed by atoms with Gasteiger partial charge < -0.3 is 9.63 Å². The fourth-order valence-corrected chi connectivity index (χ4v) is 1.32. The molecule has 1 aromatic rings. The van der Waals surface area contributed by atoms with Gasteiger partial charge in [0.15, 0.2) is 5.82 Å². The van der Waals surface area contributed by atoms with Gasteiger partial charge in [0.25, 0.3) is 5.89 Å². The molecule has 1 atom stereocenters. The summed E-state index contributed by atoms with van der Waals surface area (Å²) >= 11 is 0. The molecular formula is C8H12N2O2. The minimum Gasteiger partial charge on any atom is -0.380 e. The van der Waals surface area contributed by atoms with E-state index in [2.05, 4.69) is 10.1 Å². The molecule has 1 aromatic heterocycles. The van der Waals surface area contributed by atoms with Crippen molar-refractivity contribution >= 4 is 0 Å². The highest BCUT2D eigenvalue weighted by molar-refractivity contribution is 5.03. The third-order valence-corrected chi connectivity index (χ3v) is 2.33. The van der Waals surface area contributed by atoms with Crippen LogP contribution in [0, 0.1) is 12.8 Å². The zero-order valence-electron chi connectivity index (χ0n) is 7.24. The van der Waals surface area contributed by atoms with Gasteiger partial charge in [-0.25, -0.2) is 0 Å². The summed E-state index contributed by atoms with van der Waals surface area (Å²) in [7, 11) is 0. The summed E-state index contributed by atoms with van der Waals surface area (Å²) in [6.45, 7) is 3.48. The zero-order valence-corrected chi connectivity index (χ0v) is 7.24. The van der Waals surface area contributed by atoms with Crippen LogP contribution in [0.3, 0.4) is 0 Å². The van der Waals surface area contributed by atoms with Crippen LogP contribution in [0.15, 0.2) is 4.52 Å². The van der Waals surface area contributed by atoms with E-state index in [0.717, 1.165) is 12.8 Å². The Morgan fingerprint density at radius 1 is 1.58 bits per heavy atom. The Morgan fingerprint density at radius 2 is 2.25 bits per heavy atom. The third kappa shape index (κ3) is 1.12. The van der Waals surface area contributed by atoms with Crippen molar-refractivity contribution in [2.45, 2.75) is 32.3 Å². The number of aliphatic hydroxyl groups is 1. The summed E-state index contributed by atoms with van der Waals surface area (Å²) < 4.78 is 4.92. The SMILES string of the molecule is Cc1noc(C(C)(O)C2CC2)n1. The van der Waals surface area contributed by atoms with Gasteiger partial charge in [0, 0.05) is 0 Å². The molecule has 4 heteroatoms. The van der Waals surface area contributed by atoms with Gasteiger partial charge in [0.2, 0.25) is 0 Å². The van der Waals surface area contributed by atoms with Crippen molar-refractivity contribution in [1.29, 1.82) is 0 Å². The van der Waals surface area contributed by atoms with Crippen LogP contribution in [0.1, 0.15) is 31.5 Å². The second-order valence-electron chi connectivity index (χ2n) is 3.57. The fraction of sp³-hybridized carbons (Fsp3) is 0.750. The number of hydrogen-bond donors (Lipinski definition) is 1. The van der Waals surface area contributed by atoms with Crippen LogP contribution in [-0.2, 0) is 5.60 Å². The second-order valence-corrected chi connectivity index (χ2v) is 3.57. The first-order valence-electron chi connectivity index (χ1n) is 4.14. The van der Waals surface area contributed by atoms with Crippen molar-refractivity contribution in [3.63, 3.8) is 0 Å². The Bertz CT molecular complexity index is 289. The first kappa shape index (κ1) is 7.73. The van der Waals surface area contributed by atoms with E-state index in [9.17, 15) is 5.11 Å². The van der Waals surface area contributed by atoms with Gasteiger partial charge in [-0.2, -0.15) is 4.98 Å². The molecule has 0 aliphatic heterocycles. The topological polar surface area (TPSA) is 59.2 Å². The molecule has 1 aliphatic rings. The predicted molar refractivity (Wildman–Crippen MR) is 41.3 cm³/mol. The summed E-state index contributed by atoms with van der Waals surface area (Å²) in [6, 6.07) is 0. The normalized spacial score (nSPS) is 22.2. The summed E-state index contributed by atoms with van der Waals surface area (Å²) in [5.74, 6) is 1.23. The molecule has 12 heavy (non-hydrogen) atoms. The Hall–Kier alpha value is -0.900. The number of rotatable bonds is 2. The van der Waals surface area contributed by atoms with Gasteiger partial charge in [-0.05, 0) is 32.6 Å². The summed E-state index contributed by atoms with van der Waals surface area (Å²) in [5.41, 5.74) is -0.915. The van der Waals surface area contributed by atoms with Crippen molar-refractivity contribution in [1.82, 2.24) is 10.1 Å². The number of nitrogens with zero attached hydrogens (tertiary/aromatic N) is 2. The Balaban J connectivity index is 2.27. The molecule has 0 spiro atoms. The van der Waals surface area contributed by atoms with Crippen molar-refractivity contribution in [3.05, 3.63) is 11.7 Å². The van der Waals surface area contributed by atoms with Gasteiger partial charge >= 0.3 is 0 Å². The maximum Gasteiger partial charge on any atom is 0.258 e. The molecule has 1 unspecified atom stereocenters. The maximum absolute atomic E-state index is 9.94. The number of aromatic nitrogens is 2. The van der Waals surface area contributed by atoms with E-state index in [1.165, 1.54) is 0 Å². The number of aryl methyl sites for hydroxylation is 1. The maximum atomic E-state index is 9.94. The molecule has 2 rings (SSSR count). The van der Waals surface area contributed by atoms with E-state index in [4.69, 9.17) is 4.52 Å². The Kier molecular flexibility index (Phi) is 1.48. The van der Waals surface area contributed by atoms with Gasteiger partial charge in [-0.3, -0.25) is 0 Å². The second kappa shape index (κ2) is 2.29. The monoisotopic (exact) mass is 168 g/mol. The largest absolute Gasteiger partial charge is 0.380 e. The molecule has 1 saturated carbocycles. The predicted octanol–water partition coefficient (Wildman–Crippen LogP) is 0.996.